The molecule has 19 heavy (non-hydrogen) atoms. The quantitative estimate of drug-likeness (QED) is 0.844. The third-order valence-corrected chi connectivity index (χ3v) is 3.24. The number of hydrogen-bond acceptors (Lipinski definition) is 3. The van der Waals surface area contributed by atoms with Crippen LogP contribution >= 0.6 is 11.6 Å². The first-order chi connectivity index (χ1) is 8.97. The number of nitrogens with zero attached hydrogens (tertiary/aromatic N) is 1. The van der Waals surface area contributed by atoms with Crippen LogP contribution in [0.2, 0.25) is 5.02 Å². The Bertz CT molecular complexity index is 433. The summed E-state index contributed by atoms with van der Waals surface area (Å²) < 4.78 is 0. The van der Waals surface area contributed by atoms with Crippen LogP contribution in [0.4, 0.5) is 0 Å². The molecule has 1 unspecified atom stereocenters. The molecule has 0 fully saturated rings. The molecule has 2 N–H and O–H groups in total. The lowest BCUT2D eigenvalue weighted by Crippen LogP contribution is -2.41. The van der Waals surface area contributed by atoms with Crippen molar-refractivity contribution < 1.29 is 9.90 Å². The summed E-state index contributed by atoms with van der Waals surface area (Å²) in [6, 6.07) is 4.45. The summed E-state index contributed by atoms with van der Waals surface area (Å²) in [7, 11) is 0. The van der Waals surface area contributed by atoms with Crippen LogP contribution in [0, 0.1) is 0 Å². The lowest BCUT2D eigenvalue weighted by Gasteiger charge is -2.23. The second-order valence-corrected chi connectivity index (χ2v) is 4.96. The molecular formula is C14H21ClN2O2. The average Bonchev–Trinajstić information content (AvgIpc) is 2.38. The lowest BCUT2D eigenvalue weighted by atomic mass is 10.1. The minimum Gasteiger partial charge on any atom is -0.507 e. The van der Waals surface area contributed by atoms with E-state index < -0.39 is 0 Å². The maximum absolute atomic E-state index is 12.0. The van der Waals surface area contributed by atoms with Gasteiger partial charge in [-0.2, -0.15) is 0 Å². The molecule has 0 aliphatic rings. The summed E-state index contributed by atoms with van der Waals surface area (Å²) in [5.41, 5.74) is 0.207. The molecule has 0 bridgehead atoms. The first-order valence-electron chi connectivity index (χ1n) is 6.49. The Balaban J connectivity index is 2.66. The predicted octanol–water partition coefficient (Wildman–Crippen LogP) is 2.51. The highest BCUT2D eigenvalue weighted by Gasteiger charge is 2.15. The minimum absolute atomic E-state index is 0.00535. The van der Waals surface area contributed by atoms with Gasteiger partial charge in [-0.3, -0.25) is 4.79 Å². The van der Waals surface area contributed by atoms with E-state index in [4.69, 9.17) is 11.6 Å². The smallest absolute Gasteiger partial charge is 0.255 e. The summed E-state index contributed by atoms with van der Waals surface area (Å²) >= 11 is 5.83. The molecule has 106 valence electrons. The molecule has 0 saturated heterocycles. The fraction of sp³-hybridized carbons (Fsp3) is 0.500. The highest BCUT2D eigenvalue weighted by atomic mass is 35.5. The lowest BCUT2D eigenvalue weighted by molar-refractivity contribution is 0.0927. The van der Waals surface area contributed by atoms with Crippen LogP contribution in [0.25, 0.3) is 0 Å². The summed E-state index contributed by atoms with van der Waals surface area (Å²) in [4.78, 5) is 14.3. The molecule has 0 aliphatic heterocycles. The average molecular weight is 285 g/mol. The van der Waals surface area contributed by atoms with Crippen LogP contribution < -0.4 is 5.32 Å². The number of rotatable bonds is 6. The van der Waals surface area contributed by atoms with Gasteiger partial charge >= 0.3 is 0 Å². The molecule has 1 aromatic rings. The van der Waals surface area contributed by atoms with Crippen LogP contribution in [0.5, 0.6) is 5.75 Å². The molecule has 1 amide bonds. The predicted molar refractivity (Wildman–Crippen MR) is 77.8 cm³/mol. The van der Waals surface area contributed by atoms with E-state index >= 15 is 0 Å². The molecular weight excluding hydrogens is 264 g/mol. The van der Waals surface area contributed by atoms with Crippen LogP contribution in [-0.2, 0) is 0 Å². The molecule has 0 aromatic heterocycles. The Morgan fingerprint density at radius 2 is 2.05 bits per heavy atom. The van der Waals surface area contributed by atoms with E-state index in [1.54, 1.807) is 6.07 Å². The van der Waals surface area contributed by atoms with Gasteiger partial charge in [0.2, 0.25) is 0 Å². The Hall–Kier alpha value is -1.26. The number of nitrogens with one attached hydrogen (secondary N) is 1. The van der Waals surface area contributed by atoms with Crippen LogP contribution in [0.1, 0.15) is 31.1 Å². The van der Waals surface area contributed by atoms with Crippen molar-refractivity contribution in [3.05, 3.63) is 28.8 Å². The molecule has 0 spiro atoms. The zero-order valence-electron chi connectivity index (χ0n) is 11.6. The van der Waals surface area contributed by atoms with Gasteiger partial charge < -0.3 is 15.3 Å². The van der Waals surface area contributed by atoms with E-state index in [1.165, 1.54) is 12.1 Å². The van der Waals surface area contributed by atoms with E-state index in [0.29, 0.717) is 5.02 Å². The monoisotopic (exact) mass is 284 g/mol. The van der Waals surface area contributed by atoms with Gasteiger partial charge in [-0.05, 0) is 38.2 Å². The largest absolute Gasteiger partial charge is 0.507 e. The van der Waals surface area contributed by atoms with Crippen molar-refractivity contribution in [1.82, 2.24) is 10.2 Å². The molecule has 1 aromatic carbocycles. The molecule has 0 heterocycles. The number of halogens is 1. The van der Waals surface area contributed by atoms with Gasteiger partial charge in [0.25, 0.3) is 5.91 Å². The third kappa shape index (κ3) is 4.73. The zero-order valence-corrected chi connectivity index (χ0v) is 12.4. The van der Waals surface area contributed by atoms with Crippen molar-refractivity contribution in [2.45, 2.75) is 26.8 Å². The Kier molecular flexibility index (Phi) is 6.12. The number of aromatic hydroxyl groups is 1. The maximum atomic E-state index is 12.0. The summed E-state index contributed by atoms with van der Waals surface area (Å²) in [6.45, 7) is 8.78. The van der Waals surface area contributed by atoms with Crippen molar-refractivity contribution in [3.63, 3.8) is 0 Å². The van der Waals surface area contributed by atoms with Gasteiger partial charge in [-0.15, -0.1) is 0 Å². The second kappa shape index (κ2) is 7.36. The van der Waals surface area contributed by atoms with Crippen molar-refractivity contribution in [3.8, 4) is 5.75 Å². The van der Waals surface area contributed by atoms with Gasteiger partial charge in [0.1, 0.15) is 5.75 Å². The molecule has 4 nitrogen and oxygen atoms in total. The van der Waals surface area contributed by atoms with E-state index in [1.807, 2.05) is 6.92 Å². The topological polar surface area (TPSA) is 52.6 Å². The fourth-order valence-electron chi connectivity index (χ4n) is 1.91. The number of carbonyl (C=O) groups excluding carboxylic acids is 1. The van der Waals surface area contributed by atoms with Gasteiger partial charge in [-0.25, -0.2) is 0 Å². The van der Waals surface area contributed by atoms with Gasteiger partial charge in [0.05, 0.1) is 5.56 Å². The molecule has 0 aliphatic carbocycles. The number of carbonyl (C=O) groups is 1. The molecule has 1 atom stereocenters. The fourth-order valence-corrected chi connectivity index (χ4v) is 2.08. The van der Waals surface area contributed by atoms with Gasteiger partial charge in [0.15, 0.2) is 0 Å². The van der Waals surface area contributed by atoms with Crippen molar-refractivity contribution in [1.29, 1.82) is 0 Å². The van der Waals surface area contributed by atoms with Crippen molar-refractivity contribution in [2.24, 2.45) is 0 Å². The molecule has 1 rings (SSSR count). The normalized spacial score (nSPS) is 12.5. The number of benzene rings is 1. The van der Waals surface area contributed by atoms with E-state index in [9.17, 15) is 9.90 Å². The number of hydrogen-bond donors (Lipinski definition) is 2. The molecule has 5 heteroatoms. The Labute approximate surface area is 119 Å². The summed E-state index contributed by atoms with van der Waals surface area (Å²) in [5.74, 6) is -0.364. The van der Waals surface area contributed by atoms with Crippen molar-refractivity contribution >= 4 is 17.5 Å². The van der Waals surface area contributed by atoms with E-state index in [-0.39, 0.29) is 23.3 Å². The van der Waals surface area contributed by atoms with Gasteiger partial charge in [0, 0.05) is 17.6 Å². The van der Waals surface area contributed by atoms with Crippen LogP contribution in [-0.4, -0.2) is 41.6 Å². The standard InChI is InChI=1S/C14H21ClN2O2/c1-4-17(5-2)9-10(3)16-14(19)12-8-11(15)6-7-13(12)18/h6-8,10,18H,4-5,9H2,1-3H3,(H,16,19). The highest BCUT2D eigenvalue weighted by Crippen LogP contribution is 2.21. The maximum Gasteiger partial charge on any atom is 0.255 e. The zero-order chi connectivity index (χ0) is 14.4. The van der Waals surface area contributed by atoms with E-state index in [2.05, 4.69) is 24.1 Å². The summed E-state index contributed by atoms with van der Waals surface area (Å²) in [6.07, 6.45) is 0. The number of phenols is 1. The Morgan fingerprint density at radius 1 is 1.42 bits per heavy atom. The highest BCUT2D eigenvalue weighted by molar-refractivity contribution is 6.31. The molecule has 0 radical (unpaired) electrons. The number of phenolic OH excluding ortho intramolecular Hbond substituents is 1. The second-order valence-electron chi connectivity index (χ2n) is 4.52. The number of amides is 1. The van der Waals surface area contributed by atoms with Gasteiger partial charge in [-0.1, -0.05) is 25.4 Å². The van der Waals surface area contributed by atoms with Crippen LogP contribution in [0.3, 0.4) is 0 Å². The van der Waals surface area contributed by atoms with Crippen molar-refractivity contribution in [2.75, 3.05) is 19.6 Å². The third-order valence-electron chi connectivity index (χ3n) is 3.01. The molecule has 0 saturated carbocycles. The van der Waals surface area contributed by atoms with Crippen LogP contribution in [0.15, 0.2) is 18.2 Å². The number of likely N-dealkylation sites (N-methyl/N-ethyl adjacent to an activating group) is 1. The SMILES string of the molecule is CCN(CC)CC(C)NC(=O)c1cc(Cl)ccc1O. The summed E-state index contributed by atoms with van der Waals surface area (Å²) in [5, 5.41) is 13.0. The first-order valence-corrected chi connectivity index (χ1v) is 6.87. The van der Waals surface area contributed by atoms with E-state index in [0.717, 1.165) is 19.6 Å². The minimum atomic E-state index is -0.306. The Morgan fingerprint density at radius 3 is 2.63 bits per heavy atom. The first kappa shape index (κ1) is 15.8.